The van der Waals surface area contributed by atoms with Crippen LogP contribution < -0.4 is 5.32 Å². The minimum Gasteiger partial charge on any atom is -0.337 e. The van der Waals surface area contributed by atoms with Crippen molar-refractivity contribution in [3.63, 3.8) is 0 Å². The molecule has 1 fully saturated rings. The summed E-state index contributed by atoms with van der Waals surface area (Å²) in [5, 5.41) is 8.01. The topological polar surface area (TPSA) is 87.5 Å². The molecule has 2 aromatic carbocycles. The van der Waals surface area contributed by atoms with Crippen LogP contribution in [0.5, 0.6) is 0 Å². The number of fused-ring (bicyclic) bond motifs is 2. The highest BCUT2D eigenvalue weighted by atomic mass is 16.2. The second kappa shape index (κ2) is 7.98. The van der Waals surface area contributed by atoms with Gasteiger partial charge in [-0.2, -0.15) is 5.10 Å². The number of likely N-dealkylation sites (N-methyl/N-ethyl adjacent to an activating group) is 1. The summed E-state index contributed by atoms with van der Waals surface area (Å²) in [5.41, 5.74) is 3.98. The van der Waals surface area contributed by atoms with Gasteiger partial charge >= 0.3 is 0 Å². The van der Waals surface area contributed by atoms with Crippen molar-refractivity contribution in [1.29, 1.82) is 0 Å². The molecule has 0 atom stereocenters. The molecular weight excluding hydrogens is 430 g/mol. The molecule has 1 aliphatic heterocycles. The van der Waals surface area contributed by atoms with Gasteiger partial charge in [0, 0.05) is 37.3 Å². The number of aryl methyl sites for hydroxylation is 1. The van der Waals surface area contributed by atoms with Gasteiger partial charge in [0.25, 0.3) is 17.7 Å². The minimum absolute atomic E-state index is 0.0321. The molecule has 5 rings (SSSR count). The number of nitrogens with one attached hydrogen (secondary N) is 1. The van der Waals surface area contributed by atoms with E-state index >= 15 is 0 Å². The molecule has 1 N–H and O–H groups in total. The molecule has 1 aromatic heterocycles. The van der Waals surface area contributed by atoms with Crippen LogP contribution in [0.15, 0.2) is 67.1 Å². The summed E-state index contributed by atoms with van der Waals surface area (Å²) < 4.78 is 1.76. The number of hydrogen-bond acceptors (Lipinski definition) is 4. The van der Waals surface area contributed by atoms with E-state index in [1.165, 1.54) is 4.90 Å². The predicted molar refractivity (Wildman–Crippen MR) is 128 cm³/mol. The molecule has 3 aromatic rings. The fraction of sp³-hybridized carbons (Fsp3) is 0.231. The van der Waals surface area contributed by atoms with Crippen molar-refractivity contribution in [2.75, 3.05) is 7.05 Å². The SMILES string of the molecule is C=C(NC(=O)C(=C)N1Cc2c(cccc2-c2ccc3cn(C)nc3c2)C1=O)C(=O)N(C)C1CC1. The van der Waals surface area contributed by atoms with Crippen molar-refractivity contribution in [2.24, 2.45) is 7.05 Å². The van der Waals surface area contributed by atoms with Crippen molar-refractivity contribution in [3.8, 4) is 11.1 Å². The van der Waals surface area contributed by atoms with Crippen LogP contribution in [0.3, 0.4) is 0 Å². The van der Waals surface area contributed by atoms with E-state index in [9.17, 15) is 14.4 Å². The fourth-order valence-corrected chi connectivity index (χ4v) is 4.35. The van der Waals surface area contributed by atoms with Crippen molar-refractivity contribution >= 4 is 28.6 Å². The number of rotatable bonds is 6. The first-order valence-electron chi connectivity index (χ1n) is 11.1. The molecule has 0 radical (unpaired) electrons. The van der Waals surface area contributed by atoms with Gasteiger partial charge in [-0.1, -0.05) is 37.4 Å². The van der Waals surface area contributed by atoms with E-state index < -0.39 is 5.91 Å². The van der Waals surface area contributed by atoms with Gasteiger partial charge in [0.1, 0.15) is 5.70 Å². The Hall–Kier alpha value is -4.20. The Morgan fingerprint density at radius 3 is 2.62 bits per heavy atom. The molecule has 3 amide bonds. The standard InChI is InChI=1S/C26H25N5O3/c1-15(25(33)30(4)19-10-11-19)27-24(32)16(2)31-14-22-20(6-5-7-21(22)26(31)34)17-8-9-18-13-29(3)28-23(18)12-17/h5-9,12-13,19H,1-2,10-11,14H2,3-4H3,(H,27,32). The van der Waals surface area contributed by atoms with Gasteiger partial charge in [-0.25, -0.2) is 0 Å². The molecule has 1 aliphatic carbocycles. The summed E-state index contributed by atoms with van der Waals surface area (Å²) >= 11 is 0. The molecule has 2 aliphatic rings. The van der Waals surface area contributed by atoms with Gasteiger partial charge in [0.15, 0.2) is 0 Å². The third-order valence-corrected chi connectivity index (χ3v) is 6.43. The van der Waals surface area contributed by atoms with E-state index in [1.807, 2.05) is 43.6 Å². The third kappa shape index (κ3) is 3.67. The normalized spacial score (nSPS) is 14.8. The average molecular weight is 456 g/mol. The Kier molecular flexibility index (Phi) is 5.08. The first-order valence-corrected chi connectivity index (χ1v) is 11.1. The molecule has 8 heteroatoms. The van der Waals surface area contributed by atoms with Gasteiger partial charge in [-0.15, -0.1) is 0 Å². The zero-order valence-corrected chi connectivity index (χ0v) is 19.2. The second-order valence-electron chi connectivity index (χ2n) is 8.83. The Morgan fingerprint density at radius 2 is 1.88 bits per heavy atom. The van der Waals surface area contributed by atoms with Crippen LogP contribution in [0.2, 0.25) is 0 Å². The molecule has 0 unspecified atom stereocenters. The van der Waals surface area contributed by atoms with Crippen LogP contribution in [0.4, 0.5) is 0 Å². The molecule has 172 valence electrons. The number of benzene rings is 2. The lowest BCUT2D eigenvalue weighted by molar-refractivity contribution is -0.128. The molecule has 34 heavy (non-hydrogen) atoms. The lowest BCUT2D eigenvalue weighted by Gasteiger charge is -2.21. The number of hydrogen-bond donors (Lipinski definition) is 1. The second-order valence-corrected chi connectivity index (χ2v) is 8.83. The largest absolute Gasteiger partial charge is 0.337 e. The first-order chi connectivity index (χ1) is 16.2. The lowest BCUT2D eigenvalue weighted by atomic mass is 9.96. The van der Waals surface area contributed by atoms with E-state index in [0.29, 0.717) is 5.56 Å². The van der Waals surface area contributed by atoms with Crippen molar-refractivity contribution in [3.05, 3.63) is 78.3 Å². The summed E-state index contributed by atoms with van der Waals surface area (Å²) in [6, 6.07) is 11.7. The molecular formula is C26H25N5O3. The zero-order valence-electron chi connectivity index (χ0n) is 19.2. The molecule has 1 saturated carbocycles. The highest BCUT2D eigenvalue weighted by molar-refractivity contribution is 6.08. The summed E-state index contributed by atoms with van der Waals surface area (Å²) in [6.07, 6.45) is 3.85. The van der Waals surface area contributed by atoms with Gasteiger partial charge in [0.2, 0.25) is 0 Å². The predicted octanol–water partition coefficient (Wildman–Crippen LogP) is 2.96. The van der Waals surface area contributed by atoms with E-state index in [4.69, 9.17) is 0 Å². The quantitative estimate of drug-likeness (QED) is 0.579. The van der Waals surface area contributed by atoms with Crippen molar-refractivity contribution in [1.82, 2.24) is 24.9 Å². The van der Waals surface area contributed by atoms with Crippen molar-refractivity contribution in [2.45, 2.75) is 25.4 Å². The van der Waals surface area contributed by atoms with Gasteiger partial charge < -0.3 is 10.2 Å². The number of carbonyl (C=O) groups is 3. The maximum Gasteiger partial charge on any atom is 0.271 e. The summed E-state index contributed by atoms with van der Waals surface area (Å²) in [7, 11) is 3.57. The van der Waals surface area contributed by atoms with Crippen LogP contribution in [-0.2, 0) is 23.2 Å². The van der Waals surface area contributed by atoms with Crippen LogP contribution in [-0.4, -0.2) is 50.4 Å². The zero-order chi connectivity index (χ0) is 24.1. The van der Waals surface area contributed by atoms with Gasteiger partial charge in [-0.05, 0) is 41.7 Å². The Labute approximate surface area is 197 Å². The molecule has 0 saturated heterocycles. The van der Waals surface area contributed by atoms with E-state index in [-0.39, 0.29) is 35.8 Å². The fourth-order valence-electron chi connectivity index (χ4n) is 4.35. The van der Waals surface area contributed by atoms with E-state index in [1.54, 1.807) is 22.7 Å². The van der Waals surface area contributed by atoms with E-state index in [0.717, 1.165) is 40.4 Å². The smallest absolute Gasteiger partial charge is 0.271 e. The molecule has 2 heterocycles. The van der Waals surface area contributed by atoms with Crippen LogP contribution in [0.1, 0.15) is 28.8 Å². The molecule has 0 bridgehead atoms. The third-order valence-electron chi connectivity index (χ3n) is 6.43. The Balaban J connectivity index is 1.36. The van der Waals surface area contributed by atoms with E-state index in [2.05, 4.69) is 23.6 Å². The monoisotopic (exact) mass is 455 g/mol. The number of carbonyl (C=O) groups excluding carboxylic acids is 3. The molecule has 8 nitrogen and oxygen atoms in total. The van der Waals surface area contributed by atoms with Crippen LogP contribution >= 0.6 is 0 Å². The molecule has 0 spiro atoms. The summed E-state index contributed by atoms with van der Waals surface area (Å²) in [6.45, 7) is 7.74. The minimum atomic E-state index is -0.625. The number of aromatic nitrogens is 2. The first kappa shape index (κ1) is 21.6. The Bertz CT molecular complexity index is 1400. The highest BCUT2D eigenvalue weighted by Crippen LogP contribution is 2.35. The highest BCUT2D eigenvalue weighted by Gasteiger charge is 2.35. The Morgan fingerprint density at radius 1 is 1.15 bits per heavy atom. The van der Waals surface area contributed by atoms with Gasteiger partial charge in [0.05, 0.1) is 17.8 Å². The van der Waals surface area contributed by atoms with Crippen molar-refractivity contribution < 1.29 is 14.4 Å². The summed E-state index contributed by atoms with van der Waals surface area (Å²) in [5.74, 6) is -1.27. The van der Waals surface area contributed by atoms with Gasteiger partial charge in [-0.3, -0.25) is 24.0 Å². The average Bonchev–Trinajstić information content (AvgIpc) is 3.53. The van der Waals surface area contributed by atoms with Crippen LogP contribution in [0, 0.1) is 0 Å². The number of amides is 3. The maximum atomic E-state index is 13.1. The summed E-state index contributed by atoms with van der Waals surface area (Å²) in [4.78, 5) is 41.3. The van der Waals surface area contributed by atoms with Crippen LogP contribution in [0.25, 0.3) is 22.0 Å². The lowest BCUT2D eigenvalue weighted by Crippen LogP contribution is -2.40. The number of nitrogens with zero attached hydrogens (tertiary/aromatic N) is 4. The maximum absolute atomic E-state index is 13.1.